The largest absolute Gasteiger partial charge is 0.405 e. The fourth-order valence-electron chi connectivity index (χ4n) is 4.26. The number of halogens is 3. The average molecular weight is 435 g/mol. The highest BCUT2D eigenvalue weighted by atomic mass is 32.1. The zero-order valence-corrected chi connectivity index (χ0v) is 16.9. The number of benzene rings is 1. The topological polar surface area (TPSA) is 83.0 Å². The van der Waals surface area contributed by atoms with Crippen molar-refractivity contribution < 1.29 is 18.3 Å². The molecule has 158 valence electrons. The van der Waals surface area contributed by atoms with Crippen molar-refractivity contribution in [2.45, 2.75) is 38.1 Å². The molecule has 0 amide bonds. The van der Waals surface area contributed by atoms with E-state index < -0.39 is 12.7 Å². The number of thiazole rings is 1. The summed E-state index contributed by atoms with van der Waals surface area (Å²) in [4.78, 5) is 13.3. The third kappa shape index (κ3) is 3.69. The molecule has 1 aromatic carbocycles. The summed E-state index contributed by atoms with van der Waals surface area (Å²) < 4.78 is 39.0. The quantitative estimate of drug-likeness (QED) is 0.557. The van der Waals surface area contributed by atoms with E-state index in [2.05, 4.69) is 25.6 Å². The molecule has 2 aliphatic carbocycles. The van der Waals surface area contributed by atoms with E-state index in [0.717, 1.165) is 16.6 Å². The lowest BCUT2D eigenvalue weighted by atomic mass is 10.1. The van der Waals surface area contributed by atoms with Gasteiger partial charge in [-0.05, 0) is 43.7 Å². The van der Waals surface area contributed by atoms with Gasteiger partial charge >= 0.3 is 6.18 Å². The molecular formula is C20H20F3N5OS. The third-order valence-corrected chi connectivity index (χ3v) is 6.82. The first kappa shape index (κ1) is 19.5. The van der Waals surface area contributed by atoms with Crippen LogP contribution in [0, 0.1) is 18.8 Å². The average Bonchev–Trinajstić information content (AvgIpc) is 3.28. The number of para-hydroxylation sites is 1. The molecule has 0 radical (unpaired) electrons. The molecule has 30 heavy (non-hydrogen) atoms. The number of anilines is 2. The van der Waals surface area contributed by atoms with Crippen LogP contribution in [0.4, 0.5) is 24.9 Å². The van der Waals surface area contributed by atoms with E-state index in [1.165, 1.54) is 11.3 Å². The van der Waals surface area contributed by atoms with Crippen LogP contribution in [-0.4, -0.2) is 44.9 Å². The van der Waals surface area contributed by atoms with Crippen molar-refractivity contribution in [3.63, 3.8) is 0 Å². The molecule has 2 fully saturated rings. The van der Waals surface area contributed by atoms with Gasteiger partial charge in [-0.1, -0.05) is 12.1 Å². The van der Waals surface area contributed by atoms with Gasteiger partial charge in [0.25, 0.3) is 0 Å². The number of fused-ring (bicyclic) bond motifs is 2. The van der Waals surface area contributed by atoms with Crippen LogP contribution < -0.4 is 10.6 Å². The van der Waals surface area contributed by atoms with Crippen LogP contribution in [0.2, 0.25) is 0 Å². The van der Waals surface area contributed by atoms with Gasteiger partial charge in [0.2, 0.25) is 5.95 Å². The van der Waals surface area contributed by atoms with Gasteiger partial charge in [0.15, 0.2) is 0 Å². The maximum absolute atomic E-state index is 12.7. The molecule has 0 spiro atoms. The highest BCUT2D eigenvalue weighted by Crippen LogP contribution is 2.53. The maximum Gasteiger partial charge on any atom is 0.405 e. The van der Waals surface area contributed by atoms with Gasteiger partial charge in [-0.2, -0.15) is 18.2 Å². The van der Waals surface area contributed by atoms with Crippen LogP contribution in [0.15, 0.2) is 24.3 Å². The lowest BCUT2D eigenvalue weighted by Gasteiger charge is -2.20. The van der Waals surface area contributed by atoms with Gasteiger partial charge in [-0.3, -0.25) is 0 Å². The zero-order chi connectivity index (χ0) is 21.0. The van der Waals surface area contributed by atoms with Crippen LogP contribution in [0.3, 0.4) is 0 Å². The van der Waals surface area contributed by atoms with Crippen molar-refractivity contribution in [2.75, 3.05) is 17.2 Å². The predicted molar refractivity (Wildman–Crippen MR) is 110 cm³/mol. The number of rotatable bonds is 5. The van der Waals surface area contributed by atoms with E-state index >= 15 is 0 Å². The lowest BCUT2D eigenvalue weighted by molar-refractivity contribution is -0.115. The van der Waals surface area contributed by atoms with Crippen molar-refractivity contribution in [2.24, 2.45) is 11.8 Å². The number of aryl methyl sites for hydroxylation is 1. The predicted octanol–water partition coefficient (Wildman–Crippen LogP) is 4.22. The number of nitrogens with zero attached hydrogens (tertiary/aromatic N) is 3. The Hall–Kier alpha value is -2.46. The number of nitrogens with one attached hydrogen (secondary N) is 2. The Kier molecular flexibility index (Phi) is 4.59. The SMILES string of the molecule is Cc1nc(NCC(F)(F)F)nc(N[C@H]2C[C@H](O)[C@@H]3C[C@@H]32)c1-c1nc2ccccc2s1. The Balaban J connectivity index is 1.53. The van der Waals surface area contributed by atoms with Crippen molar-refractivity contribution in [1.82, 2.24) is 15.0 Å². The Bertz CT molecular complexity index is 1070. The first-order valence-corrected chi connectivity index (χ1v) is 10.6. The Morgan fingerprint density at radius 3 is 2.60 bits per heavy atom. The first-order valence-electron chi connectivity index (χ1n) is 9.78. The van der Waals surface area contributed by atoms with Crippen molar-refractivity contribution >= 4 is 33.3 Å². The van der Waals surface area contributed by atoms with E-state index in [1.54, 1.807) is 6.92 Å². The summed E-state index contributed by atoms with van der Waals surface area (Å²) in [6.45, 7) is 0.537. The summed E-state index contributed by atoms with van der Waals surface area (Å²) in [5, 5.41) is 16.5. The number of aliphatic hydroxyl groups is 1. The number of alkyl halides is 3. The smallest absolute Gasteiger partial charge is 0.393 e. The summed E-state index contributed by atoms with van der Waals surface area (Å²) >= 11 is 1.49. The molecule has 0 saturated heterocycles. The van der Waals surface area contributed by atoms with Crippen molar-refractivity contribution in [3.05, 3.63) is 30.0 Å². The molecule has 2 aliphatic rings. The Labute approximate surface area is 174 Å². The second-order valence-corrected chi connectivity index (χ2v) is 8.96. The maximum atomic E-state index is 12.7. The second kappa shape index (κ2) is 7.05. The van der Waals surface area contributed by atoms with Gasteiger partial charge in [0.05, 0.1) is 27.6 Å². The molecule has 0 aliphatic heterocycles. The molecule has 3 aromatic rings. The lowest BCUT2D eigenvalue weighted by Crippen LogP contribution is -2.25. The molecule has 2 heterocycles. The van der Waals surface area contributed by atoms with Crippen molar-refractivity contribution in [3.8, 4) is 10.6 Å². The van der Waals surface area contributed by atoms with Crippen LogP contribution in [-0.2, 0) is 0 Å². The van der Waals surface area contributed by atoms with Crippen LogP contribution in [0.1, 0.15) is 18.5 Å². The molecular weight excluding hydrogens is 415 g/mol. The van der Waals surface area contributed by atoms with Gasteiger partial charge in [-0.25, -0.2) is 9.97 Å². The highest BCUT2D eigenvalue weighted by molar-refractivity contribution is 7.21. The fraction of sp³-hybridized carbons (Fsp3) is 0.450. The van der Waals surface area contributed by atoms with Gasteiger partial charge in [-0.15, -0.1) is 11.3 Å². The summed E-state index contributed by atoms with van der Waals surface area (Å²) in [6, 6.07) is 7.76. The van der Waals surface area contributed by atoms with E-state index in [0.29, 0.717) is 40.3 Å². The molecule has 10 heteroatoms. The van der Waals surface area contributed by atoms with E-state index in [4.69, 9.17) is 0 Å². The Morgan fingerprint density at radius 1 is 1.13 bits per heavy atom. The van der Waals surface area contributed by atoms with Crippen LogP contribution in [0.25, 0.3) is 20.8 Å². The first-order chi connectivity index (χ1) is 14.3. The molecule has 0 unspecified atom stereocenters. The monoisotopic (exact) mass is 435 g/mol. The highest BCUT2D eigenvalue weighted by Gasteiger charge is 2.54. The summed E-state index contributed by atoms with van der Waals surface area (Å²) in [5.41, 5.74) is 2.08. The fourth-order valence-corrected chi connectivity index (χ4v) is 5.33. The summed E-state index contributed by atoms with van der Waals surface area (Å²) in [5.74, 6) is 1.04. The van der Waals surface area contributed by atoms with E-state index in [-0.39, 0.29) is 18.1 Å². The van der Waals surface area contributed by atoms with Crippen LogP contribution >= 0.6 is 11.3 Å². The standard InChI is InChI=1S/C20H20F3N5OS/c1-9-16(18-27-12-4-2-3-5-15(12)30-18)17(26-13-7-14(29)11-6-10(11)13)28-19(25-9)24-8-20(21,22)23/h2-5,10-11,13-14,29H,6-8H2,1H3,(H2,24,25,26,28)/t10-,11+,13-,14-/m0/s1. The number of hydrogen-bond donors (Lipinski definition) is 3. The van der Waals surface area contributed by atoms with Crippen molar-refractivity contribution in [1.29, 1.82) is 0 Å². The molecule has 6 nitrogen and oxygen atoms in total. The zero-order valence-electron chi connectivity index (χ0n) is 16.1. The molecule has 0 bridgehead atoms. The second-order valence-electron chi connectivity index (χ2n) is 7.93. The number of hydrogen-bond acceptors (Lipinski definition) is 7. The summed E-state index contributed by atoms with van der Waals surface area (Å²) in [6.07, 6.45) is -3.15. The van der Waals surface area contributed by atoms with Gasteiger partial charge in [0.1, 0.15) is 17.4 Å². The minimum absolute atomic E-state index is 0.0305. The number of aliphatic hydroxyl groups excluding tert-OH is 1. The van der Waals surface area contributed by atoms with Crippen LogP contribution in [0.5, 0.6) is 0 Å². The molecule has 4 atom stereocenters. The van der Waals surface area contributed by atoms with E-state index in [9.17, 15) is 18.3 Å². The molecule has 2 aromatic heterocycles. The Morgan fingerprint density at radius 2 is 1.93 bits per heavy atom. The normalized spacial score (nSPS) is 25.4. The number of aromatic nitrogens is 3. The minimum atomic E-state index is -4.37. The van der Waals surface area contributed by atoms with E-state index in [1.807, 2.05) is 24.3 Å². The molecule has 5 rings (SSSR count). The molecule has 2 saturated carbocycles. The summed E-state index contributed by atoms with van der Waals surface area (Å²) in [7, 11) is 0. The third-order valence-electron chi connectivity index (χ3n) is 5.76. The minimum Gasteiger partial charge on any atom is -0.393 e. The molecule has 3 N–H and O–H groups in total. The van der Waals surface area contributed by atoms with Gasteiger partial charge < -0.3 is 15.7 Å². The van der Waals surface area contributed by atoms with Gasteiger partial charge in [0, 0.05) is 6.04 Å².